The third-order valence-corrected chi connectivity index (χ3v) is 5.01. The third-order valence-electron chi connectivity index (χ3n) is 3.63. The minimum Gasteiger partial charge on any atom is -0.454 e. The van der Waals surface area contributed by atoms with Crippen LogP contribution in [0.25, 0.3) is 6.08 Å². The number of hydrogen-bond acceptors (Lipinski definition) is 6. The average Bonchev–Trinajstić information content (AvgIpc) is 3.16. The van der Waals surface area contributed by atoms with Crippen molar-refractivity contribution in [3.63, 3.8) is 0 Å². The van der Waals surface area contributed by atoms with Crippen LogP contribution in [0.1, 0.15) is 11.1 Å². The summed E-state index contributed by atoms with van der Waals surface area (Å²) < 4.78 is 11.2. The van der Waals surface area contributed by atoms with E-state index in [1.807, 2.05) is 36.4 Å². The second-order valence-corrected chi connectivity index (χ2v) is 6.92. The Hall–Kier alpha value is -2.38. The van der Waals surface area contributed by atoms with Gasteiger partial charge in [-0.15, -0.1) is 0 Å². The first-order valence-electron chi connectivity index (χ1n) is 7.24. The molecule has 7 heteroatoms. The van der Waals surface area contributed by atoms with E-state index in [9.17, 15) is 4.79 Å². The molecule has 1 saturated heterocycles. The van der Waals surface area contributed by atoms with Gasteiger partial charge in [-0.2, -0.15) is 0 Å². The van der Waals surface area contributed by atoms with Crippen molar-refractivity contribution in [2.24, 2.45) is 0 Å². The fourth-order valence-electron chi connectivity index (χ4n) is 2.46. The maximum Gasteiger partial charge on any atom is 0.266 e. The first-order valence-corrected chi connectivity index (χ1v) is 8.47. The van der Waals surface area contributed by atoms with Crippen molar-refractivity contribution in [2.75, 3.05) is 6.79 Å². The van der Waals surface area contributed by atoms with Crippen LogP contribution in [0, 0.1) is 0 Å². The van der Waals surface area contributed by atoms with Crippen molar-refractivity contribution in [2.45, 2.75) is 6.54 Å². The van der Waals surface area contributed by atoms with Gasteiger partial charge in [0.1, 0.15) is 4.32 Å². The molecular weight excluding hydrogens is 344 g/mol. The molecule has 0 N–H and O–H groups in total. The molecule has 0 radical (unpaired) electrons. The molecule has 1 fully saturated rings. The van der Waals surface area contributed by atoms with E-state index in [4.69, 9.17) is 21.7 Å². The Bertz CT molecular complexity index is 852. The molecule has 3 heterocycles. The van der Waals surface area contributed by atoms with Crippen LogP contribution in [0.4, 0.5) is 0 Å². The van der Waals surface area contributed by atoms with E-state index in [2.05, 4.69) is 4.98 Å². The Morgan fingerprint density at radius 2 is 2.17 bits per heavy atom. The van der Waals surface area contributed by atoms with Crippen LogP contribution in [0.2, 0.25) is 0 Å². The summed E-state index contributed by atoms with van der Waals surface area (Å²) in [7, 11) is 0. The molecule has 5 nitrogen and oxygen atoms in total. The number of nitrogens with zero attached hydrogens (tertiary/aromatic N) is 2. The van der Waals surface area contributed by atoms with Gasteiger partial charge in [0.15, 0.2) is 11.5 Å². The lowest BCUT2D eigenvalue weighted by atomic mass is 10.2. The van der Waals surface area contributed by atoms with Crippen molar-refractivity contribution in [1.29, 1.82) is 0 Å². The van der Waals surface area contributed by atoms with E-state index in [1.54, 1.807) is 17.3 Å². The van der Waals surface area contributed by atoms with E-state index in [1.165, 1.54) is 11.8 Å². The van der Waals surface area contributed by atoms with Gasteiger partial charge >= 0.3 is 0 Å². The lowest BCUT2D eigenvalue weighted by Crippen LogP contribution is -2.27. The average molecular weight is 356 g/mol. The van der Waals surface area contributed by atoms with Gasteiger partial charge in [0.2, 0.25) is 6.79 Å². The number of fused-ring (bicyclic) bond motifs is 1. The zero-order chi connectivity index (χ0) is 16.5. The summed E-state index contributed by atoms with van der Waals surface area (Å²) in [5.74, 6) is 1.32. The molecule has 0 spiro atoms. The summed E-state index contributed by atoms with van der Waals surface area (Å²) in [5, 5.41) is 0. The molecule has 0 aliphatic carbocycles. The van der Waals surface area contributed by atoms with Gasteiger partial charge in [-0.3, -0.25) is 14.7 Å². The number of aromatic nitrogens is 1. The van der Waals surface area contributed by atoms with Gasteiger partial charge < -0.3 is 9.47 Å². The molecular formula is C17H12N2O3S2. The van der Waals surface area contributed by atoms with Crippen LogP contribution < -0.4 is 9.47 Å². The van der Waals surface area contributed by atoms with E-state index in [0.29, 0.717) is 21.5 Å². The Labute approximate surface area is 148 Å². The first-order chi connectivity index (χ1) is 11.7. The standard InChI is InChI=1S/C17H12N2O3S2/c20-16-15(7-11-3-4-13-14(6-11)22-10-21-13)24-17(23)19(16)9-12-2-1-5-18-8-12/h1-8H,9-10H2. The SMILES string of the molecule is O=C1C(=Cc2ccc3c(c2)OCO3)SC(=S)N1Cc1cccnc1. The molecule has 0 saturated carbocycles. The number of amides is 1. The minimum atomic E-state index is -0.0912. The van der Waals surface area contributed by atoms with Gasteiger partial charge in [0, 0.05) is 12.4 Å². The Morgan fingerprint density at radius 3 is 3.00 bits per heavy atom. The fourth-order valence-corrected chi connectivity index (χ4v) is 3.72. The Kier molecular flexibility index (Phi) is 3.95. The number of carbonyl (C=O) groups excluding carboxylic acids is 1. The van der Waals surface area contributed by atoms with E-state index in [0.717, 1.165) is 16.9 Å². The number of thiocarbonyl (C=S) groups is 1. The minimum absolute atomic E-state index is 0.0912. The highest BCUT2D eigenvalue weighted by Gasteiger charge is 2.32. The molecule has 1 amide bonds. The summed E-state index contributed by atoms with van der Waals surface area (Å²) in [4.78, 5) is 18.9. The molecule has 2 aromatic rings. The number of carbonyl (C=O) groups is 1. The number of rotatable bonds is 3. The number of hydrogen-bond donors (Lipinski definition) is 0. The summed E-state index contributed by atoms with van der Waals surface area (Å²) >= 11 is 6.66. The molecule has 1 aromatic carbocycles. The molecule has 0 atom stereocenters. The van der Waals surface area contributed by atoms with Gasteiger partial charge in [0.05, 0.1) is 11.4 Å². The molecule has 120 valence electrons. The molecule has 0 unspecified atom stereocenters. The van der Waals surface area contributed by atoms with Crippen molar-refractivity contribution in [1.82, 2.24) is 9.88 Å². The smallest absolute Gasteiger partial charge is 0.266 e. The van der Waals surface area contributed by atoms with Crippen molar-refractivity contribution >= 4 is 40.3 Å². The zero-order valence-electron chi connectivity index (χ0n) is 12.5. The van der Waals surface area contributed by atoms with Gasteiger partial charge in [-0.1, -0.05) is 36.1 Å². The highest BCUT2D eigenvalue weighted by molar-refractivity contribution is 8.26. The molecule has 1 aromatic heterocycles. The quantitative estimate of drug-likeness (QED) is 0.622. The highest BCUT2D eigenvalue weighted by atomic mass is 32.2. The summed E-state index contributed by atoms with van der Waals surface area (Å²) in [6, 6.07) is 9.35. The van der Waals surface area contributed by atoms with Crippen LogP contribution in [0.15, 0.2) is 47.6 Å². The van der Waals surface area contributed by atoms with Crippen molar-refractivity contribution in [3.8, 4) is 11.5 Å². The van der Waals surface area contributed by atoms with Crippen LogP contribution >= 0.6 is 24.0 Å². The van der Waals surface area contributed by atoms with Gasteiger partial charge in [0.25, 0.3) is 5.91 Å². The first kappa shape index (κ1) is 15.2. The lowest BCUT2D eigenvalue weighted by molar-refractivity contribution is -0.122. The second-order valence-electron chi connectivity index (χ2n) is 5.24. The Morgan fingerprint density at radius 1 is 1.29 bits per heavy atom. The summed E-state index contributed by atoms with van der Waals surface area (Å²) in [6.45, 7) is 0.656. The van der Waals surface area contributed by atoms with Crippen molar-refractivity contribution in [3.05, 3.63) is 58.8 Å². The van der Waals surface area contributed by atoms with E-state index in [-0.39, 0.29) is 12.7 Å². The molecule has 2 aliphatic heterocycles. The normalized spacial score (nSPS) is 17.8. The lowest BCUT2D eigenvalue weighted by Gasteiger charge is -2.13. The second kappa shape index (κ2) is 6.26. The largest absolute Gasteiger partial charge is 0.454 e. The van der Waals surface area contributed by atoms with Crippen LogP contribution in [-0.4, -0.2) is 26.9 Å². The monoisotopic (exact) mass is 356 g/mol. The van der Waals surface area contributed by atoms with Crippen LogP contribution in [-0.2, 0) is 11.3 Å². The zero-order valence-corrected chi connectivity index (χ0v) is 14.1. The number of pyridine rings is 1. The molecule has 2 aliphatic rings. The predicted octanol–water partition coefficient (Wildman–Crippen LogP) is 3.21. The maximum absolute atomic E-state index is 12.6. The predicted molar refractivity (Wildman–Crippen MR) is 95.5 cm³/mol. The number of benzene rings is 1. The molecule has 4 rings (SSSR count). The van der Waals surface area contributed by atoms with Gasteiger partial charge in [-0.25, -0.2) is 0 Å². The summed E-state index contributed by atoms with van der Waals surface area (Å²) in [5.41, 5.74) is 1.82. The van der Waals surface area contributed by atoms with E-state index < -0.39 is 0 Å². The number of thioether (sulfide) groups is 1. The van der Waals surface area contributed by atoms with Crippen LogP contribution in [0.5, 0.6) is 11.5 Å². The van der Waals surface area contributed by atoms with Crippen molar-refractivity contribution < 1.29 is 14.3 Å². The molecule has 0 bridgehead atoms. The fraction of sp³-hybridized carbons (Fsp3) is 0.118. The highest BCUT2D eigenvalue weighted by Crippen LogP contribution is 2.36. The molecule has 24 heavy (non-hydrogen) atoms. The number of ether oxygens (including phenoxy) is 2. The van der Waals surface area contributed by atoms with E-state index >= 15 is 0 Å². The van der Waals surface area contributed by atoms with Crippen LogP contribution in [0.3, 0.4) is 0 Å². The topological polar surface area (TPSA) is 51.7 Å². The summed E-state index contributed by atoms with van der Waals surface area (Å²) in [6.07, 6.45) is 5.26. The Balaban J connectivity index is 1.56. The third kappa shape index (κ3) is 2.88. The maximum atomic E-state index is 12.6. The van der Waals surface area contributed by atoms with Gasteiger partial charge in [-0.05, 0) is 35.4 Å².